The molecule has 1 unspecified atom stereocenters. The molecular formula is C13H17BrN2O2. The van der Waals surface area contributed by atoms with Gasteiger partial charge in [0, 0.05) is 12.6 Å². The van der Waals surface area contributed by atoms with Crippen LogP contribution in [0.4, 0.5) is 0 Å². The van der Waals surface area contributed by atoms with Crippen molar-refractivity contribution >= 4 is 21.8 Å². The lowest BCUT2D eigenvalue weighted by Gasteiger charge is -2.12. The summed E-state index contributed by atoms with van der Waals surface area (Å²) >= 11 is 3.40. The van der Waals surface area contributed by atoms with Crippen LogP contribution in [0.1, 0.15) is 12.8 Å². The molecule has 1 aliphatic heterocycles. The Bertz CT molecular complexity index is 406. The molecule has 18 heavy (non-hydrogen) atoms. The number of rotatable bonds is 5. The van der Waals surface area contributed by atoms with Gasteiger partial charge in [-0.05, 0) is 41.0 Å². The maximum atomic E-state index is 11.6. The Morgan fingerprint density at radius 2 is 2.33 bits per heavy atom. The molecule has 2 rings (SSSR count). The normalized spacial score (nSPS) is 18.6. The van der Waals surface area contributed by atoms with Crippen molar-refractivity contribution in [3.8, 4) is 5.75 Å². The van der Waals surface area contributed by atoms with Gasteiger partial charge in [0.1, 0.15) is 5.75 Å². The van der Waals surface area contributed by atoms with Gasteiger partial charge in [0.05, 0.1) is 17.5 Å². The first-order chi connectivity index (χ1) is 8.75. The second-order valence-corrected chi connectivity index (χ2v) is 5.14. The average Bonchev–Trinajstić information content (AvgIpc) is 2.84. The third-order valence-electron chi connectivity index (χ3n) is 2.85. The highest BCUT2D eigenvalue weighted by Crippen LogP contribution is 2.23. The molecule has 5 heteroatoms. The molecule has 1 amide bonds. The summed E-state index contributed by atoms with van der Waals surface area (Å²) in [6.07, 6.45) is 1.40. The first kappa shape index (κ1) is 13.4. The Hall–Kier alpha value is -1.07. The molecule has 0 saturated carbocycles. The van der Waals surface area contributed by atoms with E-state index in [1.54, 1.807) is 0 Å². The third-order valence-corrected chi connectivity index (χ3v) is 3.50. The van der Waals surface area contributed by atoms with Crippen molar-refractivity contribution in [2.75, 3.05) is 19.7 Å². The topological polar surface area (TPSA) is 50.4 Å². The highest BCUT2D eigenvalue weighted by Gasteiger charge is 2.16. The Labute approximate surface area is 115 Å². The van der Waals surface area contributed by atoms with E-state index in [1.165, 1.54) is 0 Å². The molecule has 1 aromatic carbocycles. The van der Waals surface area contributed by atoms with Crippen LogP contribution in [0, 0.1) is 0 Å². The molecule has 0 radical (unpaired) electrons. The van der Waals surface area contributed by atoms with Gasteiger partial charge in [-0.3, -0.25) is 4.79 Å². The summed E-state index contributed by atoms with van der Waals surface area (Å²) in [5.74, 6) is 0.823. The zero-order valence-electron chi connectivity index (χ0n) is 10.1. The van der Waals surface area contributed by atoms with E-state index in [0.717, 1.165) is 29.7 Å². The van der Waals surface area contributed by atoms with E-state index < -0.39 is 0 Å². The summed E-state index contributed by atoms with van der Waals surface area (Å²) in [4.78, 5) is 11.6. The van der Waals surface area contributed by atoms with Crippen LogP contribution in [0.15, 0.2) is 28.7 Å². The van der Waals surface area contributed by atoms with Gasteiger partial charge >= 0.3 is 0 Å². The van der Waals surface area contributed by atoms with Crippen molar-refractivity contribution < 1.29 is 9.53 Å². The Balaban J connectivity index is 1.68. The van der Waals surface area contributed by atoms with E-state index in [1.807, 2.05) is 24.3 Å². The zero-order valence-corrected chi connectivity index (χ0v) is 11.7. The van der Waals surface area contributed by atoms with Crippen LogP contribution in [0.25, 0.3) is 0 Å². The first-order valence-corrected chi connectivity index (χ1v) is 6.92. The van der Waals surface area contributed by atoms with Crippen molar-refractivity contribution in [3.63, 3.8) is 0 Å². The summed E-state index contributed by atoms with van der Waals surface area (Å²) in [6.45, 7) is 2.25. The summed E-state index contributed by atoms with van der Waals surface area (Å²) in [5.41, 5.74) is 0. The molecule has 98 valence electrons. The van der Waals surface area contributed by atoms with E-state index in [-0.39, 0.29) is 11.9 Å². The highest BCUT2D eigenvalue weighted by molar-refractivity contribution is 9.10. The summed E-state index contributed by atoms with van der Waals surface area (Å²) < 4.78 is 6.46. The van der Waals surface area contributed by atoms with Crippen molar-refractivity contribution in [2.45, 2.75) is 18.9 Å². The quantitative estimate of drug-likeness (QED) is 0.870. The van der Waals surface area contributed by atoms with Crippen LogP contribution < -0.4 is 15.4 Å². The van der Waals surface area contributed by atoms with E-state index in [4.69, 9.17) is 4.74 Å². The van der Waals surface area contributed by atoms with Crippen LogP contribution in [0.2, 0.25) is 0 Å². The van der Waals surface area contributed by atoms with Gasteiger partial charge in [-0.25, -0.2) is 0 Å². The van der Waals surface area contributed by atoms with Gasteiger partial charge in [0.2, 0.25) is 5.91 Å². The number of halogens is 1. The van der Waals surface area contributed by atoms with E-state index in [9.17, 15) is 4.79 Å². The minimum Gasteiger partial charge on any atom is -0.492 e. The molecule has 1 atom stereocenters. The third kappa shape index (κ3) is 3.99. The molecular weight excluding hydrogens is 296 g/mol. The fourth-order valence-electron chi connectivity index (χ4n) is 1.89. The maximum Gasteiger partial charge on any atom is 0.223 e. The Kier molecular flexibility index (Phi) is 5.01. The van der Waals surface area contributed by atoms with E-state index in [0.29, 0.717) is 13.0 Å². The predicted molar refractivity (Wildman–Crippen MR) is 73.7 cm³/mol. The summed E-state index contributed by atoms with van der Waals surface area (Å²) in [7, 11) is 0. The number of para-hydroxylation sites is 1. The van der Waals surface area contributed by atoms with Gasteiger partial charge in [0.25, 0.3) is 0 Å². The SMILES string of the molecule is O=C(CCOc1ccccc1Br)NC1CCNC1. The van der Waals surface area contributed by atoms with Crippen LogP contribution in [-0.4, -0.2) is 31.6 Å². The monoisotopic (exact) mass is 312 g/mol. The van der Waals surface area contributed by atoms with Crippen LogP contribution in [-0.2, 0) is 4.79 Å². The highest BCUT2D eigenvalue weighted by atomic mass is 79.9. The minimum atomic E-state index is 0.0516. The van der Waals surface area contributed by atoms with Crippen molar-refractivity contribution in [3.05, 3.63) is 28.7 Å². The van der Waals surface area contributed by atoms with Gasteiger partial charge in [0.15, 0.2) is 0 Å². The number of amides is 1. The lowest BCUT2D eigenvalue weighted by Crippen LogP contribution is -2.36. The second kappa shape index (κ2) is 6.75. The number of carbonyl (C=O) groups excluding carboxylic acids is 1. The van der Waals surface area contributed by atoms with Crippen molar-refractivity contribution in [1.29, 1.82) is 0 Å². The fraction of sp³-hybridized carbons (Fsp3) is 0.462. The average molecular weight is 313 g/mol. The minimum absolute atomic E-state index is 0.0516. The van der Waals surface area contributed by atoms with Crippen molar-refractivity contribution in [1.82, 2.24) is 10.6 Å². The number of carbonyl (C=O) groups is 1. The van der Waals surface area contributed by atoms with Gasteiger partial charge in [-0.1, -0.05) is 12.1 Å². The lowest BCUT2D eigenvalue weighted by atomic mass is 10.2. The molecule has 1 aromatic rings. The largest absolute Gasteiger partial charge is 0.492 e. The molecule has 0 bridgehead atoms. The predicted octanol–water partition coefficient (Wildman–Crippen LogP) is 1.70. The molecule has 0 aliphatic carbocycles. The lowest BCUT2D eigenvalue weighted by molar-refractivity contribution is -0.122. The van der Waals surface area contributed by atoms with Gasteiger partial charge in [-0.2, -0.15) is 0 Å². The molecule has 1 fully saturated rings. The number of ether oxygens (including phenoxy) is 1. The fourth-order valence-corrected chi connectivity index (χ4v) is 2.29. The second-order valence-electron chi connectivity index (χ2n) is 4.29. The summed E-state index contributed by atoms with van der Waals surface area (Å²) in [5, 5.41) is 6.20. The van der Waals surface area contributed by atoms with Crippen molar-refractivity contribution in [2.24, 2.45) is 0 Å². The smallest absolute Gasteiger partial charge is 0.223 e. The van der Waals surface area contributed by atoms with Crippen LogP contribution in [0.5, 0.6) is 5.75 Å². The molecule has 1 saturated heterocycles. The molecule has 1 aliphatic rings. The van der Waals surface area contributed by atoms with E-state index >= 15 is 0 Å². The number of hydrogen-bond donors (Lipinski definition) is 2. The Morgan fingerprint density at radius 1 is 1.50 bits per heavy atom. The maximum absolute atomic E-state index is 11.6. The number of benzene rings is 1. The molecule has 4 nitrogen and oxygen atoms in total. The molecule has 1 heterocycles. The van der Waals surface area contributed by atoms with Crippen LogP contribution >= 0.6 is 15.9 Å². The van der Waals surface area contributed by atoms with Gasteiger partial charge in [-0.15, -0.1) is 0 Å². The number of hydrogen-bond acceptors (Lipinski definition) is 3. The molecule has 2 N–H and O–H groups in total. The van der Waals surface area contributed by atoms with Gasteiger partial charge < -0.3 is 15.4 Å². The zero-order chi connectivity index (χ0) is 12.8. The standard InChI is InChI=1S/C13H17BrN2O2/c14-11-3-1-2-4-12(11)18-8-6-13(17)16-10-5-7-15-9-10/h1-4,10,15H,5-9H2,(H,16,17). The van der Waals surface area contributed by atoms with Crippen LogP contribution in [0.3, 0.4) is 0 Å². The summed E-state index contributed by atoms with van der Waals surface area (Å²) in [6, 6.07) is 7.91. The van der Waals surface area contributed by atoms with E-state index in [2.05, 4.69) is 26.6 Å². The first-order valence-electron chi connectivity index (χ1n) is 6.13. The number of nitrogens with one attached hydrogen (secondary N) is 2. The molecule has 0 spiro atoms. The Morgan fingerprint density at radius 3 is 3.06 bits per heavy atom. The molecule has 0 aromatic heterocycles.